The number of alkyl halides is 5. The fourth-order valence-electron chi connectivity index (χ4n) is 6.03. The Morgan fingerprint density at radius 3 is 1.51 bits per heavy atom. The monoisotopic (exact) mass is 1330 g/mol. The van der Waals surface area contributed by atoms with Gasteiger partial charge in [0.2, 0.25) is 0 Å². The number of ether oxygens (including phenoxy) is 6. The second kappa shape index (κ2) is 21.8. The molecule has 330 valence electrons. The van der Waals surface area contributed by atoms with Crippen LogP contribution in [0.15, 0.2) is 138 Å². The molecule has 2 saturated heterocycles. The Balaban J connectivity index is 0.000000215. The summed E-state index contributed by atoms with van der Waals surface area (Å²) in [7, 11) is 0. The number of nitrogens with zero attached hydrogens (tertiary/aromatic N) is 2. The van der Waals surface area contributed by atoms with Crippen molar-refractivity contribution >= 4 is 94.1 Å². The van der Waals surface area contributed by atoms with E-state index in [0.717, 1.165) is 18.8 Å². The van der Waals surface area contributed by atoms with Crippen molar-refractivity contribution in [3.05, 3.63) is 155 Å². The van der Waals surface area contributed by atoms with Gasteiger partial charge in [-0.25, -0.2) is 0 Å². The number of carbonyl (C=O) groups excluding carboxylic acids is 4. The number of hydrogen-bond donors (Lipinski definition) is 1. The number of hydrogen-bond acceptors (Lipinski definition) is 13. The first-order chi connectivity index (χ1) is 30.1. The van der Waals surface area contributed by atoms with Crippen LogP contribution in [-0.4, -0.2) is 130 Å². The first kappa shape index (κ1) is 47.8. The summed E-state index contributed by atoms with van der Waals surface area (Å²) >= 11 is -1.64. The zero-order valence-electron chi connectivity index (χ0n) is 32.4. The van der Waals surface area contributed by atoms with Gasteiger partial charge in [-0.2, -0.15) is 0 Å². The molecule has 21 heteroatoms. The van der Waals surface area contributed by atoms with Crippen LogP contribution >= 0.6 is 15.9 Å². The Morgan fingerprint density at radius 1 is 0.651 bits per heavy atom. The van der Waals surface area contributed by atoms with E-state index in [1.807, 2.05) is 6.07 Å². The predicted octanol–water partition coefficient (Wildman–Crippen LogP) is 4.35. The minimum absolute atomic E-state index is 0.153. The van der Waals surface area contributed by atoms with Crippen molar-refractivity contribution in [2.75, 3.05) is 18.9 Å². The molecule has 5 aromatic rings. The Bertz CT molecular complexity index is 2410. The van der Waals surface area contributed by atoms with Gasteiger partial charge in [-0.15, -0.1) is 0 Å². The van der Waals surface area contributed by atoms with Gasteiger partial charge in [-0.1, -0.05) is 0 Å². The van der Waals surface area contributed by atoms with Gasteiger partial charge in [0.05, 0.1) is 0 Å². The molecule has 2 N–H and O–H groups in total. The number of anilines is 1. The van der Waals surface area contributed by atoms with Crippen molar-refractivity contribution in [3.63, 3.8) is 0 Å². The van der Waals surface area contributed by atoms with Crippen LogP contribution in [-0.2, 0) is 28.4 Å². The summed E-state index contributed by atoms with van der Waals surface area (Å²) < 4.78 is 91.8. The van der Waals surface area contributed by atoms with Crippen LogP contribution in [0, 0.1) is 0 Å². The predicted molar refractivity (Wildman–Crippen MR) is 225 cm³/mol. The maximum absolute atomic E-state index is 15.5. The van der Waals surface area contributed by atoms with E-state index in [1.54, 1.807) is 103 Å². The molecule has 2 aliphatic rings. The van der Waals surface area contributed by atoms with Crippen molar-refractivity contribution < 1.29 is 65.2 Å². The second-order valence-electron chi connectivity index (χ2n) is 13.5. The Hall–Kier alpha value is -4.67. The molecule has 0 radical (unpaired) electrons. The zero-order valence-corrected chi connectivity index (χ0v) is 41.8. The molecule has 0 saturated carbocycles. The number of aromatic nitrogens is 2. The van der Waals surface area contributed by atoms with Gasteiger partial charge in [0.15, 0.2) is 0 Å². The van der Waals surface area contributed by atoms with E-state index < -0.39 is 132 Å². The number of carbonyl (C=O) groups is 4. The Labute approximate surface area is 387 Å². The van der Waals surface area contributed by atoms with Crippen molar-refractivity contribution in [1.29, 1.82) is 0 Å². The van der Waals surface area contributed by atoms with E-state index in [1.165, 1.54) is 12.1 Å². The Morgan fingerprint density at radius 2 is 1.06 bits per heavy atom. The van der Waals surface area contributed by atoms with Crippen LogP contribution < -0.4 is 18.0 Å². The Kier molecular flexibility index (Phi) is 16.5. The van der Waals surface area contributed by atoms with Gasteiger partial charge in [0, 0.05) is 0 Å². The van der Waals surface area contributed by atoms with Crippen molar-refractivity contribution in [2.24, 2.45) is 0 Å². The fourth-order valence-corrected chi connectivity index (χ4v) is 12.6. The van der Waals surface area contributed by atoms with Gasteiger partial charge in [-0.05, 0) is 0 Å². The minimum atomic E-state index is -3.83. The van der Waals surface area contributed by atoms with Gasteiger partial charge in [0.1, 0.15) is 0 Å². The summed E-state index contributed by atoms with van der Waals surface area (Å²) in [5.74, 6) is -8.86. The molecule has 0 bridgehead atoms. The van der Waals surface area contributed by atoms with Crippen molar-refractivity contribution in [3.8, 4) is 0 Å². The number of nitrogen functional groups attached to an aromatic ring is 1. The van der Waals surface area contributed by atoms with Gasteiger partial charge in [-0.3, -0.25) is 0 Å². The van der Waals surface area contributed by atoms with Crippen molar-refractivity contribution in [1.82, 2.24) is 9.55 Å². The van der Waals surface area contributed by atoms with E-state index >= 15 is 8.78 Å². The summed E-state index contributed by atoms with van der Waals surface area (Å²) in [5, 5.41) is -1.64. The summed E-state index contributed by atoms with van der Waals surface area (Å²) in [6, 6.07) is 34.9. The van der Waals surface area contributed by atoms with Crippen molar-refractivity contribution in [2.45, 2.75) is 47.5 Å². The number of benzene rings is 4. The maximum atomic E-state index is 15.5. The molecular formula is C42H36Bi2BrF4N3O11. The van der Waals surface area contributed by atoms with E-state index in [9.17, 15) is 32.8 Å². The number of rotatable bonds is 13. The van der Waals surface area contributed by atoms with E-state index in [0.29, 0.717) is 4.57 Å². The molecule has 4 aromatic carbocycles. The fraction of sp³-hybridized carbons (Fsp3) is 0.238. The summed E-state index contributed by atoms with van der Waals surface area (Å²) in [4.78, 5) is 64.8. The molecule has 0 aliphatic carbocycles. The summed E-state index contributed by atoms with van der Waals surface area (Å²) in [6.07, 6.45) is -7.85. The van der Waals surface area contributed by atoms with Crippen LogP contribution in [0.2, 0.25) is 0 Å². The van der Waals surface area contributed by atoms with Crippen LogP contribution in [0.3, 0.4) is 0 Å². The van der Waals surface area contributed by atoms with E-state index in [-0.39, 0.29) is 16.9 Å². The van der Waals surface area contributed by atoms with Crippen LogP contribution in [0.5, 0.6) is 0 Å². The van der Waals surface area contributed by atoms with Crippen LogP contribution in [0.1, 0.15) is 26.9 Å². The van der Waals surface area contributed by atoms with Crippen LogP contribution in [0.25, 0.3) is 0 Å². The number of esters is 2. The molecular weight excluding hydrogens is 1300 g/mol. The molecule has 1 aromatic heterocycles. The third kappa shape index (κ3) is 12.5. The molecule has 7 rings (SSSR count). The summed E-state index contributed by atoms with van der Waals surface area (Å²) in [6.45, 7) is -1.09. The molecule has 0 amide bonds. The first-order valence-electron chi connectivity index (χ1n) is 18.7. The summed E-state index contributed by atoms with van der Waals surface area (Å²) in [5.41, 5.74) is 4.88. The molecule has 14 nitrogen and oxygen atoms in total. The third-order valence-corrected chi connectivity index (χ3v) is 17.2. The quantitative estimate of drug-likeness (QED) is 0.0578. The molecule has 63 heavy (non-hydrogen) atoms. The van der Waals surface area contributed by atoms with Crippen LogP contribution in [0.4, 0.5) is 33.0 Å². The first-order valence-corrected chi connectivity index (χ1v) is 27.4. The topological polar surface area (TPSA) is 185 Å². The molecule has 0 spiro atoms. The molecule has 6 atom stereocenters. The average molecular weight is 1330 g/mol. The SMILES string of the molecule is Nc1ccn([C@@H]2O[C@H](COC(=O)c3ccccc3)[C@H](O[C](=O)[BiH][c]3ccccc3)C2(F)F)c(=O)n1.O=[C](O[C@H]1[C@@H](COC(=O)c2ccccc2)O[C@H](Br)C1(F)F)[BiH][c]1ccccc1. The molecule has 2 fully saturated rings. The zero-order chi connectivity index (χ0) is 45.1. The molecule has 2 aliphatic heterocycles. The average Bonchev–Trinajstić information content (AvgIpc) is 3.64. The molecule has 0 unspecified atom stereocenters. The van der Waals surface area contributed by atoms with E-state index in [4.69, 9.17) is 34.2 Å². The van der Waals surface area contributed by atoms with E-state index in [2.05, 4.69) is 20.9 Å². The van der Waals surface area contributed by atoms with Gasteiger partial charge < -0.3 is 0 Å². The van der Waals surface area contributed by atoms with Gasteiger partial charge >= 0.3 is 390 Å². The standard InChI is InChI=1S/C17H14F2N3O6.C13H10BrF2O5.2C6H5.2Bi.2H/c18-17(19)13(27-9-23)11(8-26-14(24)10-4-2-1-3-5-10)28-15(17)22-7-6-12(20)21-16(22)25;14-12-13(15,16)10(20-7-17)9(21-12)6-19-11(18)8-4-2-1-3-5-8;2*1-2-4-6-5-3-1;;;;/h1-7,11,13,15H,8H2,(H2,20,21,25);1-5,9-10,12H,6H2;2*1-5H;;;;/t11-,13+,15-;9-,10+,12+;;;;;;/m11....../s1. The van der Waals surface area contributed by atoms with Gasteiger partial charge in [0.25, 0.3) is 0 Å². The third-order valence-electron chi connectivity index (χ3n) is 9.05. The number of halogens is 5. The number of nitrogens with two attached hydrogens (primary N) is 1. The normalized spacial score (nSPS) is 21.9. The molecule has 3 heterocycles. The second-order valence-corrected chi connectivity index (χ2v) is 23.9.